The second-order valence-electron chi connectivity index (χ2n) is 4.78. The first kappa shape index (κ1) is 13.3. The SMILES string of the molecule is CC(c1ccc(O)cc1)N(C)C(=O)C1CCSC1. The molecule has 1 N–H and O–H groups in total. The summed E-state index contributed by atoms with van der Waals surface area (Å²) >= 11 is 1.86. The van der Waals surface area contributed by atoms with Crippen LogP contribution in [0, 0.1) is 5.92 Å². The summed E-state index contributed by atoms with van der Waals surface area (Å²) < 4.78 is 0. The van der Waals surface area contributed by atoms with E-state index in [9.17, 15) is 9.90 Å². The van der Waals surface area contributed by atoms with Gasteiger partial charge in [-0.3, -0.25) is 4.79 Å². The van der Waals surface area contributed by atoms with Gasteiger partial charge < -0.3 is 10.0 Å². The first-order chi connectivity index (χ1) is 8.59. The highest BCUT2D eigenvalue weighted by atomic mass is 32.2. The smallest absolute Gasteiger partial charge is 0.226 e. The summed E-state index contributed by atoms with van der Waals surface area (Å²) in [5.74, 6) is 2.72. The zero-order valence-corrected chi connectivity index (χ0v) is 11.6. The number of benzene rings is 1. The summed E-state index contributed by atoms with van der Waals surface area (Å²) in [4.78, 5) is 14.1. The Labute approximate surface area is 112 Å². The van der Waals surface area contributed by atoms with Crippen molar-refractivity contribution in [3.8, 4) is 5.75 Å². The standard InChI is InChI=1S/C14H19NO2S/c1-10(11-3-5-13(16)6-4-11)15(2)14(17)12-7-8-18-9-12/h3-6,10,12,16H,7-9H2,1-2H3. The van der Waals surface area contributed by atoms with Crippen LogP contribution in [-0.4, -0.2) is 34.5 Å². The number of phenolic OH excluding ortho intramolecular Hbond substituents is 1. The average Bonchev–Trinajstić information content (AvgIpc) is 2.91. The predicted octanol–water partition coefficient (Wildman–Crippen LogP) is 2.66. The van der Waals surface area contributed by atoms with E-state index in [1.807, 2.05) is 42.8 Å². The van der Waals surface area contributed by atoms with Gasteiger partial charge in [0, 0.05) is 18.7 Å². The Kier molecular flexibility index (Phi) is 4.17. The molecular formula is C14H19NO2S. The Morgan fingerprint density at radius 1 is 1.44 bits per heavy atom. The largest absolute Gasteiger partial charge is 0.508 e. The molecule has 98 valence electrons. The third-order valence-electron chi connectivity index (χ3n) is 3.58. The lowest BCUT2D eigenvalue weighted by Crippen LogP contribution is -2.35. The lowest BCUT2D eigenvalue weighted by molar-refractivity contribution is -0.135. The molecule has 1 aliphatic rings. The molecule has 2 unspecified atom stereocenters. The van der Waals surface area contributed by atoms with Crippen molar-refractivity contribution in [2.24, 2.45) is 5.92 Å². The van der Waals surface area contributed by atoms with E-state index in [0.717, 1.165) is 23.5 Å². The van der Waals surface area contributed by atoms with E-state index in [-0.39, 0.29) is 23.6 Å². The Morgan fingerprint density at radius 2 is 2.11 bits per heavy atom. The third kappa shape index (κ3) is 2.80. The van der Waals surface area contributed by atoms with E-state index in [1.165, 1.54) is 0 Å². The number of nitrogens with zero attached hydrogens (tertiary/aromatic N) is 1. The minimum absolute atomic E-state index is 0.0451. The summed E-state index contributed by atoms with van der Waals surface area (Å²) in [5.41, 5.74) is 1.05. The van der Waals surface area contributed by atoms with Crippen molar-refractivity contribution in [3.05, 3.63) is 29.8 Å². The van der Waals surface area contributed by atoms with Gasteiger partial charge in [0.05, 0.1) is 6.04 Å². The van der Waals surface area contributed by atoms with Crippen LogP contribution in [0.5, 0.6) is 5.75 Å². The van der Waals surface area contributed by atoms with E-state index in [2.05, 4.69) is 0 Å². The fraction of sp³-hybridized carbons (Fsp3) is 0.500. The third-order valence-corrected chi connectivity index (χ3v) is 4.75. The second-order valence-corrected chi connectivity index (χ2v) is 5.93. The topological polar surface area (TPSA) is 40.5 Å². The highest BCUT2D eigenvalue weighted by molar-refractivity contribution is 7.99. The average molecular weight is 265 g/mol. The van der Waals surface area contributed by atoms with Gasteiger partial charge in [-0.15, -0.1) is 0 Å². The van der Waals surface area contributed by atoms with Crippen LogP contribution in [0.3, 0.4) is 0 Å². The molecule has 0 bridgehead atoms. The van der Waals surface area contributed by atoms with Crippen molar-refractivity contribution in [2.75, 3.05) is 18.6 Å². The number of thioether (sulfide) groups is 1. The molecule has 0 radical (unpaired) electrons. The number of carbonyl (C=O) groups excluding carboxylic acids is 1. The molecule has 18 heavy (non-hydrogen) atoms. The minimum atomic E-state index is 0.0451. The van der Waals surface area contributed by atoms with Crippen LogP contribution >= 0.6 is 11.8 Å². The lowest BCUT2D eigenvalue weighted by atomic mass is 10.0. The molecule has 0 aromatic heterocycles. The normalized spacial score (nSPS) is 20.7. The van der Waals surface area contributed by atoms with E-state index in [0.29, 0.717) is 0 Å². The van der Waals surface area contributed by atoms with Crippen LogP contribution in [0.2, 0.25) is 0 Å². The maximum atomic E-state index is 12.3. The molecule has 0 spiro atoms. The van der Waals surface area contributed by atoms with Gasteiger partial charge in [-0.2, -0.15) is 11.8 Å². The molecule has 1 fully saturated rings. The van der Waals surface area contributed by atoms with Gasteiger partial charge >= 0.3 is 0 Å². The maximum absolute atomic E-state index is 12.3. The zero-order valence-electron chi connectivity index (χ0n) is 10.8. The monoisotopic (exact) mass is 265 g/mol. The van der Waals surface area contributed by atoms with E-state index in [4.69, 9.17) is 0 Å². The minimum Gasteiger partial charge on any atom is -0.508 e. The molecule has 1 aliphatic heterocycles. The van der Waals surface area contributed by atoms with Gasteiger partial charge in [-0.1, -0.05) is 12.1 Å². The fourth-order valence-corrected chi connectivity index (χ4v) is 3.40. The Balaban J connectivity index is 2.05. The van der Waals surface area contributed by atoms with E-state index >= 15 is 0 Å². The molecule has 2 atom stereocenters. The Morgan fingerprint density at radius 3 is 2.67 bits per heavy atom. The van der Waals surface area contributed by atoms with Crippen LogP contribution in [0.1, 0.15) is 24.9 Å². The molecule has 0 saturated carbocycles. The molecule has 1 aromatic carbocycles. The van der Waals surface area contributed by atoms with Gasteiger partial charge in [0.1, 0.15) is 5.75 Å². The number of hydrogen-bond acceptors (Lipinski definition) is 3. The number of hydrogen-bond donors (Lipinski definition) is 1. The van der Waals surface area contributed by atoms with E-state index in [1.54, 1.807) is 12.1 Å². The van der Waals surface area contributed by atoms with Gasteiger partial charge in [0.25, 0.3) is 0 Å². The Hall–Kier alpha value is -1.16. The number of aromatic hydroxyl groups is 1. The molecule has 2 rings (SSSR count). The molecule has 1 amide bonds. The molecule has 1 aromatic rings. The highest BCUT2D eigenvalue weighted by Crippen LogP contribution is 2.28. The van der Waals surface area contributed by atoms with Crippen molar-refractivity contribution < 1.29 is 9.90 Å². The Bertz CT molecular complexity index is 412. The molecule has 4 heteroatoms. The van der Waals surface area contributed by atoms with Gasteiger partial charge in [-0.05, 0) is 36.8 Å². The fourth-order valence-electron chi connectivity index (χ4n) is 2.18. The lowest BCUT2D eigenvalue weighted by Gasteiger charge is -2.27. The van der Waals surface area contributed by atoms with Crippen molar-refractivity contribution in [1.29, 1.82) is 0 Å². The number of carbonyl (C=O) groups is 1. The van der Waals surface area contributed by atoms with Gasteiger partial charge in [0.15, 0.2) is 0 Å². The number of phenols is 1. The first-order valence-corrected chi connectivity index (χ1v) is 7.38. The highest BCUT2D eigenvalue weighted by Gasteiger charge is 2.28. The summed E-state index contributed by atoms with van der Waals surface area (Å²) in [5, 5.41) is 9.28. The van der Waals surface area contributed by atoms with Crippen molar-refractivity contribution >= 4 is 17.7 Å². The van der Waals surface area contributed by atoms with Crippen LogP contribution in [0.25, 0.3) is 0 Å². The van der Waals surface area contributed by atoms with Crippen LogP contribution in [-0.2, 0) is 4.79 Å². The van der Waals surface area contributed by atoms with Crippen LogP contribution < -0.4 is 0 Å². The predicted molar refractivity (Wildman–Crippen MR) is 74.7 cm³/mol. The van der Waals surface area contributed by atoms with E-state index < -0.39 is 0 Å². The summed E-state index contributed by atoms with van der Waals surface area (Å²) in [6.07, 6.45) is 0.996. The summed E-state index contributed by atoms with van der Waals surface area (Å²) in [7, 11) is 1.86. The zero-order chi connectivity index (χ0) is 13.1. The summed E-state index contributed by atoms with van der Waals surface area (Å²) in [6, 6.07) is 7.11. The number of rotatable bonds is 3. The van der Waals surface area contributed by atoms with Crippen molar-refractivity contribution in [2.45, 2.75) is 19.4 Å². The molecule has 1 heterocycles. The van der Waals surface area contributed by atoms with Crippen molar-refractivity contribution in [1.82, 2.24) is 4.90 Å². The quantitative estimate of drug-likeness (QED) is 0.913. The first-order valence-electron chi connectivity index (χ1n) is 6.23. The summed E-state index contributed by atoms with van der Waals surface area (Å²) in [6.45, 7) is 2.02. The van der Waals surface area contributed by atoms with Crippen molar-refractivity contribution in [3.63, 3.8) is 0 Å². The second kappa shape index (κ2) is 5.65. The molecule has 3 nitrogen and oxygen atoms in total. The van der Waals surface area contributed by atoms with Crippen LogP contribution in [0.15, 0.2) is 24.3 Å². The van der Waals surface area contributed by atoms with Crippen LogP contribution in [0.4, 0.5) is 0 Å². The van der Waals surface area contributed by atoms with Gasteiger partial charge in [0.2, 0.25) is 5.91 Å². The molecule has 1 saturated heterocycles. The molecule has 0 aliphatic carbocycles. The molecular weight excluding hydrogens is 246 g/mol. The number of amides is 1. The van der Waals surface area contributed by atoms with Gasteiger partial charge in [-0.25, -0.2) is 0 Å². The maximum Gasteiger partial charge on any atom is 0.226 e.